The van der Waals surface area contributed by atoms with Crippen LogP contribution in [0, 0.1) is 23.7 Å². The number of allylic oxidation sites excluding steroid dienone is 8. The van der Waals surface area contributed by atoms with Gasteiger partial charge in [0.25, 0.3) is 0 Å². The Balaban J connectivity index is 2.46. The molecule has 0 aromatic carbocycles. The van der Waals surface area contributed by atoms with E-state index in [2.05, 4.69) is 65.8 Å². The molecule has 0 heterocycles. The minimum absolute atomic E-state index is 0.732. The SMILES string of the molecule is CC(C)=C/C=C1/C2CCCCC(/C(C)=C/C=C(C)C)C1CCCCC2C. The van der Waals surface area contributed by atoms with Crippen molar-refractivity contribution in [3.05, 3.63) is 46.6 Å². The van der Waals surface area contributed by atoms with Crippen LogP contribution in [0.25, 0.3) is 0 Å². The molecule has 0 amide bonds. The Labute approximate surface area is 163 Å². The highest BCUT2D eigenvalue weighted by Crippen LogP contribution is 2.46. The summed E-state index contributed by atoms with van der Waals surface area (Å²) < 4.78 is 0. The van der Waals surface area contributed by atoms with Crippen molar-refractivity contribution in [2.75, 3.05) is 0 Å². The van der Waals surface area contributed by atoms with E-state index < -0.39 is 0 Å². The van der Waals surface area contributed by atoms with Crippen molar-refractivity contribution in [3.63, 3.8) is 0 Å². The summed E-state index contributed by atoms with van der Waals surface area (Å²) in [6.07, 6.45) is 20.9. The molecule has 0 aromatic rings. The third-order valence-electron chi connectivity index (χ3n) is 6.61. The van der Waals surface area contributed by atoms with E-state index in [1.165, 1.54) is 62.5 Å². The van der Waals surface area contributed by atoms with E-state index >= 15 is 0 Å². The maximum absolute atomic E-state index is 2.54. The molecule has 2 bridgehead atoms. The topological polar surface area (TPSA) is 0 Å². The minimum Gasteiger partial charge on any atom is -0.0764 e. The van der Waals surface area contributed by atoms with E-state index in [9.17, 15) is 0 Å². The van der Waals surface area contributed by atoms with Crippen molar-refractivity contribution < 1.29 is 0 Å². The van der Waals surface area contributed by atoms with Gasteiger partial charge in [-0.25, -0.2) is 0 Å². The van der Waals surface area contributed by atoms with Crippen LogP contribution in [0.4, 0.5) is 0 Å². The molecule has 0 saturated heterocycles. The Bertz CT molecular complexity index is 561. The van der Waals surface area contributed by atoms with E-state index in [4.69, 9.17) is 0 Å². The molecule has 0 aliphatic heterocycles. The Hall–Kier alpha value is -1.04. The van der Waals surface area contributed by atoms with E-state index in [1.54, 1.807) is 11.1 Å². The molecular weight excluding hydrogens is 312 g/mol. The lowest BCUT2D eigenvalue weighted by molar-refractivity contribution is 0.231. The number of hydrogen-bond donors (Lipinski definition) is 0. The second kappa shape index (κ2) is 10.3. The van der Waals surface area contributed by atoms with Crippen molar-refractivity contribution in [3.8, 4) is 0 Å². The van der Waals surface area contributed by atoms with Crippen LogP contribution in [-0.4, -0.2) is 0 Å². The fraction of sp³-hybridized carbons (Fsp3) is 0.692. The fourth-order valence-corrected chi connectivity index (χ4v) is 5.09. The molecule has 2 saturated carbocycles. The van der Waals surface area contributed by atoms with E-state index in [-0.39, 0.29) is 0 Å². The molecule has 0 spiro atoms. The molecule has 4 unspecified atom stereocenters. The monoisotopic (exact) mass is 354 g/mol. The quantitative estimate of drug-likeness (QED) is 0.446. The molecule has 0 N–H and O–H groups in total. The minimum atomic E-state index is 0.732. The summed E-state index contributed by atoms with van der Waals surface area (Å²) in [5.41, 5.74) is 6.22. The predicted octanol–water partition coefficient (Wildman–Crippen LogP) is 8.42. The van der Waals surface area contributed by atoms with Crippen molar-refractivity contribution in [2.24, 2.45) is 23.7 Å². The van der Waals surface area contributed by atoms with Crippen LogP contribution < -0.4 is 0 Å². The van der Waals surface area contributed by atoms with Gasteiger partial charge in [-0.15, -0.1) is 0 Å². The lowest BCUT2D eigenvalue weighted by Crippen LogP contribution is -2.29. The number of rotatable bonds is 3. The molecule has 4 atom stereocenters. The molecule has 0 radical (unpaired) electrons. The van der Waals surface area contributed by atoms with Gasteiger partial charge < -0.3 is 0 Å². The Kier molecular flexibility index (Phi) is 8.45. The first-order valence-electron chi connectivity index (χ1n) is 11.1. The van der Waals surface area contributed by atoms with Gasteiger partial charge in [0, 0.05) is 0 Å². The molecule has 0 heteroatoms. The van der Waals surface area contributed by atoms with E-state index in [1.807, 2.05) is 0 Å². The average molecular weight is 355 g/mol. The van der Waals surface area contributed by atoms with Gasteiger partial charge >= 0.3 is 0 Å². The maximum Gasteiger partial charge on any atom is -0.0132 e. The number of hydrogen-bond acceptors (Lipinski definition) is 0. The predicted molar refractivity (Wildman–Crippen MR) is 117 cm³/mol. The van der Waals surface area contributed by atoms with Crippen molar-refractivity contribution in [1.29, 1.82) is 0 Å². The lowest BCUT2D eigenvalue weighted by atomic mass is 9.64. The second-order valence-corrected chi connectivity index (χ2v) is 9.43. The lowest BCUT2D eigenvalue weighted by Gasteiger charge is -2.40. The van der Waals surface area contributed by atoms with Crippen LogP contribution in [0.2, 0.25) is 0 Å². The second-order valence-electron chi connectivity index (χ2n) is 9.43. The number of fused-ring (bicyclic) bond motifs is 2. The van der Waals surface area contributed by atoms with Gasteiger partial charge in [-0.2, -0.15) is 0 Å². The summed E-state index contributed by atoms with van der Waals surface area (Å²) in [5, 5.41) is 0. The van der Waals surface area contributed by atoms with Gasteiger partial charge in [-0.05, 0) is 77.6 Å². The first kappa shape index (κ1) is 21.3. The maximum atomic E-state index is 2.54. The third kappa shape index (κ3) is 6.00. The van der Waals surface area contributed by atoms with Gasteiger partial charge in [-0.1, -0.05) is 85.6 Å². The first-order chi connectivity index (χ1) is 12.4. The zero-order valence-electron chi connectivity index (χ0n) is 18.3. The third-order valence-corrected chi connectivity index (χ3v) is 6.61. The Morgan fingerprint density at radius 1 is 0.692 bits per heavy atom. The summed E-state index contributed by atoms with van der Waals surface area (Å²) in [6.45, 7) is 13.8. The Morgan fingerprint density at radius 3 is 1.92 bits per heavy atom. The molecular formula is C26H42. The van der Waals surface area contributed by atoms with Gasteiger partial charge in [0.2, 0.25) is 0 Å². The zero-order valence-corrected chi connectivity index (χ0v) is 18.3. The summed E-state index contributed by atoms with van der Waals surface area (Å²) >= 11 is 0. The van der Waals surface area contributed by atoms with Crippen molar-refractivity contribution >= 4 is 0 Å². The van der Waals surface area contributed by atoms with Crippen molar-refractivity contribution in [1.82, 2.24) is 0 Å². The molecule has 0 aromatic heterocycles. The average Bonchev–Trinajstić information content (AvgIpc) is 2.55. The largest absolute Gasteiger partial charge is 0.0764 e. The Morgan fingerprint density at radius 2 is 1.27 bits per heavy atom. The summed E-state index contributed by atoms with van der Waals surface area (Å²) in [7, 11) is 0. The van der Waals surface area contributed by atoms with Crippen molar-refractivity contribution in [2.45, 2.75) is 92.9 Å². The highest BCUT2D eigenvalue weighted by atomic mass is 14.4. The van der Waals surface area contributed by atoms with Crippen LogP contribution in [0.5, 0.6) is 0 Å². The van der Waals surface area contributed by atoms with Crippen LogP contribution in [0.1, 0.15) is 92.9 Å². The molecule has 2 aliphatic carbocycles. The summed E-state index contributed by atoms with van der Waals surface area (Å²) in [4.78, 5) is 0. The first-order valence-corrected chi connectivity index (χ1v) is 11.1. The normalized spacial score (nSPS) is 32.1. The van der Waals surface area contributed by atoms with Gasteiger partial charge in [0.15, 0.2) is 0 Å². The zero-order chi connectivity index (χ0) is 19.1. The fourth-order valence-electron chi connectivity index (χ4n) is 5.09. The highest BCUT2D eigenvalue weighted by molar-refractivity contribution is 5.27. The molecule has 0 nitrogen and oxygen atoms in total. The highest BCUT2D eigenvalue weighted by Gasteiger charge is 2.34. The smallest absolute Gasteiger partial charge is 0.0132 e. The standard InChI is InChI=1S/C26H42/c1-19(2)15-17-22(6)24-13-10-9-12-23-21(5)11-7-8-14-25(24)26(23)18-16-20(3)4/h15-18,21,23-25H,7-14H2,1-6H3/b22-17+,26-18-. The van der Waals surface area contributed by atoms with Crippen LogP contribution >= 0.6 is 0 Å². The van der Waals surface area contributed by atoms with Gasteiger partial charge in [-0.3, -0.25) is 0 Å². The molecule has 2 rings (SSSR count). The summed E-state index contributed by atoms with van der Waals surface area (Å²) in [6, 6.07) is 0. The van der Waals surface area contributed by atoms with E-state index in [0.29, 0.717) is 0 Å². The van der Waals surface area contributed by atoms with Crippen LogP contribution in [0.15, 0.2) is 46.6 Å². The molecule has 2 fully saturated rings. The molecule has 146 valence electrons. The summed E-state index contributed by atoms with van der Waals surface area (Å²) in [5.74, 6) is 3.13. The van der Waals surface area contributed by atoms with Crippen LogP contribution in [0.3, 0.4) is 0 Å². The van der Waals surface area contributed by atoms with Gasteiger partial charge in [0.05, 0.1) is 0 Å². The van der Waals surface area contributed by atoms with Crippen LogP contribution in [-0.2, 0) is 0 Å². The molecule has 2 aliphatic rings. The van der Waals surface area contributed by atoms with Gasteiger partial charge in [0.1, 0.15) is 0 Å². The van der Waals surface area contributed by atoms with E-state index in [0.717, 1.165) is 23.7 Å². The molecule has 26 heavy (non-hydrogen) atoms.